The lowest BCUT2D eigenvalue weighted by molar-refractivity contribution is -0.138. The van der Waals surface area contributed by atoms with Crippen molar-refractivity contribution in [1.29, 1.82) is 0 Å². The number of ether oxygens (including phenoxy) is 2. The van der Waals surface area contributed by atoms with Gasteiger partial charge in [-0.25, -0.2) is 0 Å². The number of amides is 1. The van der Waals surface area contributed by atoms with Crippen LogP contribution in [0.1, 0.15) is 43.5 Å². The first-order chi connectivity index (χ1) is 11.5. The second kappa shape index (κ2) is 8.68. The highest BCUT2D eigenvalue weighted by atomic mass is 16.5. The number of hydrogen-bond acceptors (Lipinski definition) is 4. The van der Waals surface area contributed by atoms with Crippen LogP contribution in [0.2, 0.25) is 0 Å². The van der Waals surface area contributed by atoms with Crippen molar-refractivity contribution < 1.29 is 24.2 Å². The molecule has 1 aliphatic rings. The van der Waals surface area contributed by atoms with Gasteiger partial charge in [-0.2, -0.15) is 0 Å². The van der Waals surface area contributed by atoms with Crippen molar-refractivity contribution in [2.45, 2.75) is 45.3 Å². The van der Waals surface area contributed by atoms with Gasteiger partial charge in [0.1, 0.15) is 18.4 Å². The Morgan fingerprint density at radius 2 is 1.92 bits per heavy atom. The molecule has 2 rings (SSSR count). The molecule has 0 radical (unpaired) electrons. The predicted molar refractivity (Wildman–Crippen MR) is 89.3 cm³/mol. The highest BCUT2D eigenvalue weighted by Gasteiger charge is 2.23. The minimum atomic E-state index is -1.01. The maximum atomic E-state index is 12.6. The molecular weight excluding hydrogens is 310 g/mol. The summed E-state index contributed by atoms with van der Waals surface area (Å²) in [6, 6.07) is 6.77. The number of nitrogens with zero attached hydrogens (tertiary/aromatic N) is 1. The Labute approximate surface area is 142 Å². The van der Waals surface area contributed by atoms with Gasteiger partial charge < -0.3 is 19.5 Å². The summed E-state index contributed by atoms with van der Waals surface area (Å²) in [5, 5.41) is 9.03. The molecule has 1 aromatic rings. The summed E-state index contributed by atoms with van der Waals surface area (Å²) in [6.45, 7) is 4.90. The predicted octanol–water partition coefficient (Wildman–Crippen LogP) is 2.57. The first kappa shape index (κ1) is 18.3. The third-order valence-electron chi connectivity index (χ3n) is 4.26. The van der Waals surface area contributed by atoms with E-state index in [1.807, 2.05) is 13.8 Å². The normalized spacial score (nSPS) is 16.4. The number of hydrogen-bond donors (Lipinski definition) is 1. The highest BCUT2D eigenvalue weighted by Crippen LogP contribution is 2.20. The average Bonchev–Trinajstić information content (AvgIpc) is 2.60. The van der Waals surface area contributed by atoms with E-state index < -0.39 is 5.97 Å². The maximum absolute atomic E-state index is 12.6. The molecule has 1 amide bonds. The van der Waals surface area contributed by atoms with E-state index >= 15 is 0 Å². The van der Waals surface area contributed by atoms with E-state index in [0.717, 1.165) is 12.8 Å². The minimum Gasteiger partial charge on any atom is -0.490 e. The number of carboxylic acid groups (broad SMARTS) is 1. The van der Waals surface area contributed by atoms with Crippen molar-refractivity contribution >= 4 is 11.9 Å². The maximum Gasteiger partial charge on any atom is 0.323 e. The molecule has 24 heavy (non-hydrogen) atoms. The molecule has 132 valence electrons. The quantitative estimate of drug-likeness (QED) is 0.829. The Hall–Kier alpha value is -2.08. The molecule has 1 saturated heterocycles. The van der Waals surface area contributed by atoms with Crippen LogP contribution in [-0.2, 0) is 9.53 Å². The Bertz CT molecular complexity index is 551. The summed E-state index contributed by atoms with van der Waals surface area (Å²) in [5.74, 6) is -0.570. The highest BCUT2D eigenvalue weighted by molar-refractivity contribution is 5.96. The fraction of sp³-hybridized carbons (Fsp3) is 0.556. The van der Waals surface area contributed by atoms with Crippen molar-refractivity contribution in [3.05, 3.63) is 29.8 Å². The molecule has 1 unspecified atom stereocenters. The molecule has 0 aliphatic carbocycles. The summed E-state index contributed by atoms with van der Waals surface area (Å²) >= 11 is 0. The SMILES string of the molecule is CCC(C)N(CC(=O)O)C(=O)c1ccc(OC2CCOCC2)cc1. The molecule has 1 heterocycles. The summed E-state index contributed by atoms with van der Waals surface area (Å²) < 4.78 is 11.2. The first-order valence-corrected chi connectivity index (χ1v) is 8.38. The van der Waals surface area contributed by atoms with Crippen molar-refractivity contribution in [3.8, 4) is 5.75 Å². The van der Waals surface area contributed by atoms with Crippen molar-refractivity contribution in [1.82, 2.24) is 4.90 Å². The second-order valence-corrected chi connectivity index (χ2v) is 6.04. The zero-order valence-electron chi connectivity index (χ0n) is 14.2. The lowest BCUT2D eigenvalue weighted by Crippen LogP contribution is -2.41. The smallest absolute Gasteiger partial charge is 0.323 e. The number of carboxylic acids is 1. The van der Waals surface area contributed by atoms with E-state index in [1.165, 1.54) is 4.90 Å². The second-order valence-electron chi connectivity index (χ2n) is 6.04. The van der Waals surface area contributed by atoms with Crippen LogP contribution < -0.4 is 4.74 Å². The number of rotatable bonds is 7. The zero-order valence-corrected chi connectivity index (χ0v) is 14.2. The monoisotopic (exact) mass is 335 g/mol. The summed E-state index contributed by atoms with van der Waals surface area (Å²) in [4.78, 5) is 25.0. The van der Waals surface area contributed by atoms with E-state index in [9.17, 15) is 9.59 Å². The van der Waals surface area contributed by atoms with Gasteiger partial charge >= 0.3 is 5.97 Å². The van der Waals surface area contributed by atoms with Crippen LogP contribution in [0.25, 0.3) is 0 Å². The van der Waals surface area contributed by atoms with E-state index in [4.69, 9.17) is 14.6 Å². The van der Waals surface area contributed by atoms with Crippen LogP contribution in [0.15, 0.2) is 24.3 Å². The number of carbonyl (C=O) groups is 2. The lowest BCUT2D eigenvalue weighted by atomic mass is 10.1. The van der Waals surface area contributed by atoms with Crippen LogP contribution in [0, 0.1) is 0 Å². The summed E-state index contributed by atoms with van der Waals surface area (Å²) in [5.41, 5.74) is 0.468. The number of carbonyl (C=O) groups excluding carboxylic acids is 1. The van der Waals surface area contributed by atoms with Gasteiger partial charge in [-0.15, -0.1) is 0 Å². The summed E-state index contributed by atoms with van der Waals surface area (Å²) in [6.07, 6.45) is 2.57. The minimum absolute atomic E-state index is 0.133. The van der Waals surface area contributed by atoms with Crippen LogP contribution in [-0.4, -0.2) is 53.8 Å². The largest absolute Gasteiger partial charge is 0.490 e. The van der Waals surface area contributed by atoms with Gasteiger partial charge in [-0.3, -0.25) is 9.59 Å². The van der Waals surface area contributed by atoms with Gasteiger partial charge in [0.05, 0.1) is 13.2 Å². The van der Waals surface area contributed by atoms with Gasteiger partial charge in [0.15, 0.2) is 0 Å². The molecule has 1 aromatic carbocycles. The van der Waals surface area contributed by atoms with E-state index in [-0.39, 0.29) is 24.6 Å². The third-order valence-corrected chi connectivity index (χ3v) is 4.26. The summed E-state index contributed by atoms with van der Waals surface area (Å²) in [7, 11) is 0. The average molecular weight is 335 g/mol. The molecule has 0 spiro atoms. The van der Waals surface area contributed by atoms with Crippen LogP contribution in [0.4, 0.5) is 0 Å². The fourth-order valence-corrected chi connectivity index (χ4v) is 2.62. The fourth-order valence-electron chi connectivity index (χ4n) is 2.62. The Kier molecular flexibility index (Phi) is 6.61. The Morgan fingerprint density at radius 1 is 1.29 bits per heavy atom. The van der Waals surface area contributed by atoms with E-state index in [0.29, 0.717) is 30.9 Å². The van der Waals surface area contributed by atoms with Crippen LogP contribution in [0.5, 0.6) is 5.75 Å². The van der Waals surface area contributed by atoms with Crippen LogP contribution in [0.3, 0.4) is 0 Å². The van der Waals surface area contributed by atoms with Gasteiger partial charge in [0.2, 0.25) is 0 Å². The van der Waals surface area contributed by atoms with Gasteiger partial charge in [-0.05, 0) is 37.6 Å². The standard InChI is InChI=1S/C18H25NO5/c1-3-13(2)19(12-17(20)21)18(22)14-4-6-15(7-5-14)24-16-8-10-23-11-9-16/h4-7,13,16H,3,8-12H2,1-2H3,(H,20,21). The molecule has 1 atom stereocenters. The molecule has 1 fully saturated rings. The molecule has 0 aromatic heterocycles. The van der Waals surface area contributed by atoms with Gasteiger partial charge in [0.25, 0.3) is 5.91 Å². The zero-order chi connectivity index (χ0) is 17.5. The molecule has 1 aliphatic heterocycles. The molecule has 6 nitrogen and oxygen atoms in total. The number of benzene rings is 1. The topological polar surface area (TPSA) is 76.1 Å². The first-order valence-electron chi connectivity index (χ1n) is 8.38. The van der Waals surface area contributed by atoms with Gasteiger partial charge in [0, 0.05) is 24.4 Å². The van der Waals surface area contributed by atoms with Crippen molar-refractivity contribution in [3.63, 3.8) is 0 Å². The van der Waals surface area contributed by atoms with Crippen molar-refractivity contribution in [2.24, 2.45) is 0 Å². The number of aliphatic carboxylic acids is 1. The Balaban J connectivity index is 2.04. The van der Waals surface area contributed by atoms with Crippen molar-refractivity contribution in [2.75, 3.05) is 19.8 Å². The van der Waals surface area contributed by atoms with Gasteiger partial charge in [-0.1, -0.05) is 6.92 Å². The lowest BCUT2D eigenvalue weighted by Gasteiger charge is -2.27. The third kappa shape index (κ3) is 4.96. The van der Waals surface area contributed by atoms with E-state index in [2.05, 4.69) is 0 Å². The van der Waals surface area contributed by atoms with E-state index in [1.54, 1.807) is 24.3 Å². The Morgan fingerprint density at radius 3 is 2.46 bits per heavy atom. The molecule has 0 saturated carbocycles. The molecule has 0 bridgehead atoms. The molecule has 6 heteroatoms. The van der Waals surface area contributed by atoms with Crippen LogP contribution >= 0.6 is 0 Å². The molecule has 1 N–H and O–H groups in total. The molecular formula is C18H25NO5.